The van der Waals surface area contributed by atoms with Crippen LogP contribution in [-0.2, 0) is 16.6 Å². The molecule has 0 fully saturated rings. The van der Waals surface area contributed by atoms with Crippen molar-refractivity contribution in [1.29, 1.82) is 0 Å². The Labute approximate surface area is 123 Å². The molecule has 0 aliphatic carbocycles. The van der Waals surface area contributed by atoms with E-state index < -0.39 is 10.0 Å². The monoisotopic (exact) mass is 325 g/mol. The van der Waals surface area contributed by atoms with Crippen molar-refractivity contribution >= 4 is 33.2 Å². The van der Waals surface area contributed by atoms with Crippen molar-refractivity contribution in [1.82, 2.24) is 4.72 Å². The molecule has 1 rings (SSSR count). The summed E-state index contributed by atoms with van der Waals surface area (Å²) in [7, 11) is -3.72. The molecule has 1 aromatic carbocycles. The van der Waals surface area contributed by atoms with Gasteiger partial charge in [0.1, 0.15) is 4.90 Å². The Kier molecular flexibility index (Phi) is 6.08. The molecule has 108 valence electrons. The van der Waals surface area contributed by atoms with Crippen molar-refractivity contribution < 1.29 is 13.5 Å². The third-order valence-electron chi connectivity index (χ3n) is 2.87. The van der Waals surface area contributed by atoms with E-state index in [1.807, 2.05) is 13.8 Å². The van der Waals surface area contributed by atoms with Crippen LogP contribution in [0.5, 0.6) is 0 Å². The Balaban J connectivity index is 3.21. The predicted molar refractivity (Wildman–Crippen MR) is 77.1 cm³/mol. The molecule has 0 aliphatic heterocycles. The van der Waals surface area contributed by atoms with E-state index in [9.17, 15) is 8.42 Å². The van der Waals surface area contributed by atoms with Crippen LogP contribution in [0.25, 0.3) is 0 Å². The summed E-state index contributed by atoms with van der Waals surface area (Å²) in [6, 6.07) is 2.49. The highest BCUT2D eigenvalue weighted by Gasteiger charge is 2.22. The number of hydrogen-bond acceptors (Lipinski definition) is 3. The Morgan fingerprint density at radius 2 is 1.79 bits per heavy atom. The topological polar surface area (TPSA) is 66.4 Å². The van der Waals surface area contributed by atoms with Crippen molar-refractivity contribution in [2.75, 3.05) is 0 Å². The second-order valence-corrected chi connectivity index (χ2v) is 6.66. The normalized spacial score (nSPS) is 12.1. The van der Waals surface area contributed by atoms with Gasteiger partial charge in [0.15, 0.2) is 0 Å². The van der Waals surface area contributed by atoms with Crippen LogP contribution in [-0.4, -0.2) is 19.6 Å². The molecule has 0 aromatic heterocycles. The van der Waals surface area contributed by atoms with Crippen molar-refractivity contribution in [2.24, 2.45) is 0 Å². The maximum absolute atomic E-state index is 12.2. The highest BCUT2D eigenvalue weighted by Crippen LogP contribution is 2.29. The van der Waals surface area contributed by atoms with Gasteiger partial charge in [0.25, 0.3) is 0 Å². The predicted octanol–water partition coefficient (Wildman–Crippen LogP) is 2.95. The number of benzene rings is 1. The molecule has 7 heteroatoms. The fraction of sp³-hybridized carbons (Fsp3) is 0.500. The third-order valence-corrected chi connectivity index (χ3v) is 5.21. The lowest BCUT2D eigenvalue weighted by atomic mass is 10.2. The zero-order valence-electron chi connectivity index (χ0n) is 10.8. The second kappa shape index (κ2) is 6.90. The van der Waals surface area contributed by atoms with E-state index in [-0.39, 0.29) is 27.6 Å². The van der Waals surface area contributed by atoms with E-state index in [4.69, 9.17) is 28.3 Å². The van der Waals surface area contributed by atoms with E-state index >= 15 is 0 Å². The van der Waals surface area contributed by atoms with Crippen LogP contribution < -0.4 is 4.72 Å². The van der Waals surface area contributed by atoms with Gasteiger partial charge >= 0.3 is 0 Å². The summed E-state index contributed by atoms with van der Waals surface area (Å²) >= 11 is 11.8. The minimum absolute atomic E-state index is 0.0423. The summed E-state index contributed by atoms with van der Waals surface area (Å²) in [6.45, 7) is 3.46. The van der Waals surface area contributed by atoms with Crippen molar-refractivity contribution in [2.45, 2.75) is 44.2 Å². The molecule has 0 atom stereocenters. The molecule has 0 bridgehead atoms. The van der Waals surface area contributed by atoms with Gasteiger partial charge in [0, 0.05) is 11.1 Å². The zero-order chi connectivity index (χ0) is 14.6. The maximum Gasteiger partial charge on any atom is 0.242 e. The standard InChI is InChI=1S/C12H17Cl2NO3S/c1-3-9(4-2)15-19(17,18)12-5-8(7-16)10(13)6-11(12)14/h5-6,9,15-16H,3-4,7H2,1-2H3. The summed E-state index contributed by atoms with van der Waals surface area (Å²) in [4.78, 5) is -0.0606. The maximum atomic E-state index is 12.2. The summed E-state index contributed by atoms with van der Waals surface area (Å²) in [5.41, 5.74) is 0.330. The lowest BCUT2D eigenvalue weighted by Crippen LogP contribution is -2.34. The molecule has 0 unspecified atom stereocenters. The first-order chi connectivity index (χ1) is 8.85. The fourth-order valence-electron chi connectivity index (χ4n) is 1.64. The molecular weight excluding hydrogens is 309 g/mol. The molecule has 0 amide bonds. The Morgan fingerprint density at radius 1 is 1.21 bits per heavy atom. The SMILES string of the molecule is CCC(CC)NS(=O)(=O)c1cc(CO)c(Cl)cc1Cl. The first kappa shape index (κ1) is 16.7. The van der Waals surface area contributed by atoms with E-state index in [1.165, 1.54) is 12.1 Å². The number of hydrogen-bond donors (Lipinski definition) is 2. The van der Waals surface area contributed by atoms with E-state index in [0.29, 0.717) is 18.4 Å². The van der Waals surface area contributed by atoms with E-state index in [0.717, 1.165) is 0 Å². The van der Waals surface area contributed by atoms with Crippen LogP contribution in [0.4, 0.5) is 0 Å². The van der Waals surface area contributed by atoms with Gasteiger partial charge in [-0.15, -0.1) is 0 Å². The summed E-state index contributed by atoms with van der Waals surface area (Å²) < 4.78 is 27.1. The molecular formula is C12H17Cl2NO3S. The van der Waals surface area contributed by atoms with Crippen LogP contribution in [0.1, 0.15) is 32.3 Å². The van der Waals surface area contributed by atoms with E-state index in [1.54, 1.807) is 0 Å². The average molecular weight is 326 g/mol. The third kappa shape index (κ3) is 4.07. The zero-order valence-corrected chi connectivity index (χ0v) is 13.1. The van der Waals surface area contributed by atoms with Gasteiger partial charge < -0.3 is 5.11 Å². The first-order valence-corrected chi connectivity index (χ1v) is 8.20. The largest absolute Gasteiger partial charge is 0.392 e. The quantitative estimate of drug-likeness (QED) is 0.845. The highest BCUT2D eigenvalue weighted by atomic mass is 35.5. The molecule has 2 N–H and O–H groups in total. The van der Waals surface area contributed by atoms with Crippen LogP contribution >= 0.6 is 23.2 Å². The molecule has 0 radical (unpaired) electrons. The fourth-order valence-corrected chi connectivity index (χ4v) is 3.90. The average Bonchev–Trinajstić information content (AvgIpc) is 2.35. The van der Waals surface area contributed by atoms with Gasteiger partial charge in [-0.3, -0.25) is 0 Å². The molecule has 0 aliphatic rings. The summed E-state index contributed by atoms with van der Waals surface area (Å²) in [5.74, 6) is 0. The molecule has 4 nitrogen and oxygen atoms in total. The number of rotatable bonds is 6. The number of halogens is 2. The molecule has 1 aromatic rings. The van der Waals surface area contributed by atoms with Crippen molar-refractivity contribution in [3.8, 4) is 0 Å². The minimum atomic E-state index is -3.72. The molecule has 0 saturated carbocycles. The van der Waals surface area contributed by atoms with Crippen LogP contribution in [0.3, 0.4) is 0 Å². The van der Waals surface area contributed by atoms with Crippen LogP contribution in [0.2, 0.25) is 10.0 Å². The number of sulfonamides is 1. The van der Waals surface area contributed by atoms with E-state index in [2.05, 4.69) is 4.72 Å². The Hall–Kier alpha value is -0.330. The number of aliphatic hydroxyl groups is 1. The van der Waals surface area contributed by atoms with Crippen molar-refractivity contribution in [3.63, 3.8) is 0 Å². The Bertz CT molecular complexity index is 542. The van der Waals surface area contributed by atoms with Gasteiger partial charge in [-0.05, 0) is 30.5 Å². The molecule has 19 heavy (non-hydrogen) atoms. The van der Waals surface area contributed by atoms with Gasteiger partial charge in [-0.1, -0.05) is 37.0 Å². The van der Waals surface area contributed by atoms with Gasteiger partial charge in [-0.2, -0.15) is 0 Å². The van der Waals surface area contributed by atoms with Crippen LogP contribution in [0.15, 0.2) is 17.0 Å². The molecule has 0 heterocycles. The summed E-state index contributed by atoms with van der Waals surface area (Å²) in [6.07, 6.45) is 1.38. The first-order valence-electron chi connectivity index (χ1n) is 5.96. The number of aliphatic hydroxyl groups excluding tert-OH is 1. The smallest absolute Gasteiger partial charge is 0.242 e. The van der Waals surface area contributed by atoms with Gasteiger partial charge in [0.2, 0.25) is 10.0 Å². The summed E-state index contributed by atoms with van der Waals surface area (Å²) in [5, 5.41) is 9.42. The van der Waals surface area contributed by atoms with Crippen molar-refractivity contribution in [3.05, 3.63) is 27.7 Å². The van der Waals surface area contributed by atoms with Gasteiger partial charge in [0.05, 0.1) is 11.6 Å². The molecule has 0 saturated heterocycles. The minimum Gasteiger partial charge on any atom is -0.392 e. The number of nitrogens with one attached hydrogen (secondary N) is 1. The Morgan fingerprint density at radius 3 is 2.26 bits per heavy atom. The van der Waals surface area contributed by atoms with Gasteiger partial charge in [-0.25, -0.2) is 13.1 Å². The lowest BCUT2D eigenvalue weighted by molar-refractivity contribution is 0.281. The highest BCUT2D eigenvalue weighted by molar-refractivity contribution is 7.89. The molecule has 0 spiro atoms. The lowest BCUT2D eigenvalue weighted by Gasteiger charge is -2.16. The van der Waals surface area contributed by atoms with Crippen LogP contribution in [0, 0.1) is 0 Å². The second-order valence-electron chi connectivity index (χ2n) is 4.17.